The second-order valence-electron chi connectivity index (χ2n) is 9.90. The van der Waals surface area contributed by atoms with E-state index in [-0.39, 0.29) is 18.7 Å². The van der Waals surface area contributed by atoms with Crippen LogP contribution in [0.1, 0.15) is 52.2 Å². The van der Waals surface area contributed by atoms with Crippen molar-refractivity contribution in [2.24, 2.45) is 0 Å². The molecule has 2 rings (SSSR count). The monoisotopic (exact) mass is 481 g/mol. The molecule has 0 aromatic heterocycles. The number of rotatable bonds is 6. The number of ether oxygens (including phenoxy) is 1. The van der Waals surface area contributed by atoms with Gasteiger partial charge in [0.15, 0.2) is 9.84 Å². The van der Waals surface area contributed by atoms with Crippen LogP contribution in [-0.4, -0.2) is 60.5 Å². The van der Waals surface area contributed by atoms with Crippen LogP contribution in [0.3, 0.4) is 0 Å². The first-order valence-electron chi connectivity index (χ1n) is 10.7. The quantitative estimate of drug-likeness (QED) is 0.668. The Morgan fingerprint density at radius 3 is 2.33 bits per heavy atom. The zero-order valence-corrected chi connectivity index (χ0v) is 20.7. The molecule has 1 N–H and O–H groups in total. The molecule has 1 saturated heterocycles. The normalized spacial score (nSPS) is 20.1. The van der Waals surface area contributed by atoms with Crippen LogP contribution in [0.4, 0.5) is 9.18 Å². The molecule has 0 radical (unpaired) electrons. The minimum atomic E-state index is -4.02. The molecule has 8 nitrogen and oxygen atoms in total. The van der Waals surface area contributed by atoms with Gasteiger partial charge in [-0.15, -0.1) is 0 Å². The number of aryl methyl sites for hydroxylation is 1. The Morgan fingerprint density at radius 1 is 1.24 bits per heavy atom. The molecule has 1 aliphatic rings. The molecule has 2 amide bonds. The first-order chi connectivity index (χ1) is 15.1. The number of carbonyl (C=O) groups is 2. The lowest BCUT2D eigenvalue weighted by molar-refractivity contribution is -0.134. The summed E-state index contributed by atoms with van der Waals surface area (Å²) in [6.45, 7) is 9.08. The van der Waals surface area contributed by atoms with Crippen molar-refractivity contribution in [2.75, 3.05) is 6.54 Å². The largest absolute Gasteiger partial charge is 0.444 e. The number of carbonyl (C=O) groups excluding carboxylic acids is 2. The molecule has 33 heavy (non-hydrogen) atoms. The fraction of sp³-hybridized carbons (Fsp3) is 0.609. The number of benzene rings is 1. The lowest BCUT2D eigenvalue weighted by Crippen LogP contribution is -2.62. The molecule has 1 aromatic rings. The van der Waals surface area contributed by atoms with Crippen molar-refractivity contribution in [1.29, 1.82) is 5.26 Å². The fourth-order valence-electron chi connectivity index (χ4n) is 3.54. The van der Waals surface area contributed by atoms with Gasteiger partial charge in [0.1, 0.15) is 23.9 Å². The third-order valence-electron chi connectivity index (χ3n) is 5.56. The highest BCUT2D eigenvalue weighted by Gasteiger charge is 2.50. The Morgan fingerprint density at radius 2 is 1.82 bits per heavy atom. The van der Waals surface area contributed by atoms with E-state index in [1.807, 2.05) is 13.0 Å². The van der Waals surface area contributed by atoms with Gasteiger partial charge in [0, 0.05) is 6.42 Å². The standard InChI is InChI=1S/C23H32FN3O5S/c1-15-7-9-16(10-8-15)14-33(30,31)23(5,6)19(26-21(29)32-22(2,3)4)20(28)27-13-17(24)11-18(27)12-25/h7-10,17-19H,11,13-14H2,1-6H3,(H,26,29)/t17-,18-,19+/m0/s1. The van der Waals surface area contributed by atoms with Gasteiger partial charge in [-0.1, -0.05) is 29.8 Å². The van der Waals surface area contributed by atoms with Gasteiger partial charge in [-0.2, -0.15) is 5.26 Å². The van der Waals surface area contributed by atoms with Gasteiger partial charge < -0.3 is 15.0 Å². The third kappa shape index (κ3) is 6.44. The highest BCUT2D eigenvalue weighted by Crippen LogP contribution is 2.30. The summed E-state index contributed by atoms with van der Waals surface area (Å²) in [4.78, 5) is 27.0. The minimum absolute atomic E-state index is 0.169. The van der Waals surface area contributed by atoms with E-state index in [0.717, 1.165) is 10.5 Å². The number of sulfone groups is 1. The maximum Gasteiger partial charge on any atom is 0.408 e. The average Bonchev–Trinajstić information content (AvgIpc) is 3.06. The molecule has 0 spiro atoms. The summed E-state index contributed by atoms with van der Waals surface area (Å²) in [6, 6.07) is 6.16. The number of hydrogen-bond acceptors (Lipinski definition) is 6. The van der Waals surface area contributed by atoms with Gasteiger partial charge in [-0.3, -0.25) is 4.79 Å². The molecule has 182 valence electrons. The molecule has 1 aromatic carbocycles. The molecule has 1 heterocycles. The van der Waals surface area contributed by atoms with Gasteiger partial charge in [-0.25, -0.2) is 17.6 Å². The Bertz CT molecular complexity index is 1030. The van der Waals surface area contributed by atoms with Crippen molar-refractivity contribution in [3.8, 4) is 6.07 Å². The van der Waals surface area contributed by atoms with Crippen molar-refractivity contribution < 1.29 is 27.1 Å². The molecule has 1 aliphatic heterocycles. The molecule has 10 heteroatoms. The Kier molecular flexibility index (Phi) is 7.79. The maximum atomic E-state index is 14.0. The van der Waals surface area contributed by atoms with Crippen molar-refractivity contribution in [1.82, 2.24) is 10.2 Å². The number of nitrogens with zero attached hydrogens (tertiary/aromatic N) is 2. The second-order valence-corrected chi connectivity index (χ2v) is 12.5. The van der Waals surface area contributed by atoms with Crippen LogP contribution in [0.15, 0.2) is 24.3 Å². The van der Waals surface area contributed by atoms with Crippen molar-refractivity contribution in [2.45, 2.75) is 82.3 Å². The Balaban J connectivity index is 2.43. The predicted octanol–water partition coefficient (Wildman–Crippen LogP) is 3.04. The van der Waals surface area contributed by atoms with Crippen molar-refractivity contribution in [3.63, 3.8) is 0 Å². The van der Waals surface area contributed by atoms with Gasteiger partial charge >= 0.3 is 6.09 Å². The SMILES string of the molecule is Cc1ccc(CS(=O)(=O)C(C)(C)[C@H](NC(=O)OC(C)(C)C)C(=O)N2C[C@@H](F)C[C@H]2C#N)cc1. The van der Waals surface area contributed by atoms with Crippen LogP contribution >= 0.6 is 0 Å². The number of halogens is 1. The van der Waals surface area contributed by atoms with Crippen LogP contribution in [-0.2, 0) is 25.1 Å². The topological polar surface area (TPSA) is 117 Å². The number of hydrogen-bond donors (Lipinski definition) is 1. The van der Waals surface area contributed by atoms with E-state index in [1.165, 1.54) is 13.8 Å². The van der Waals surface area contributed by atoms with Crippen molar-refractivity contribution in [3.05, 3.63) is 35.4 Å². The van der Waals surface area contributed by atoms with E-state index in [9.17, 15) is 27.7 Å². The number of likely N-dealkylation sites (tertiary alicyclic amines) is 1. The van der Waals surface area contributed by atoms with Crippen molar-refractivity contribution >= 4 is 21.8 Å². The summed E-state index contributed by atoms with van der Waals surface area (Å²) < 4.78 is 44.3. The lowest BCUT2D eigenvalue weighted by atomic mass is 10.0. The Labute approximate surface area is 195 Å². The predicted molar refractivity (Wildman–Crippen MR) is 122 cm³/mol. The van der Waals surface area contributed by atoms with Gasteiger partial charge in [0.2, 0.25) is 5.91 Å². The fourth-order valence-corrected chi connectivity index (χ4v) is 5.07. The first-order valence-corrected chi connectivity index (χ1v) is 12.3. The third-order valence-corrected chi connectivity index (χ3v) is 8.12. The zero-order chi connectivity index (χ0) is 25.2. The van der Waals surface area contributed by atoms with E-state index < -0.39 is 50.4 Å². The maximum absolute atomic E-state index is 14.0. The summed E-state index contributed by atoms with van der Waals surface area (Å²) in [7, 11) is -4.02. The van der Waals surface area contributed by atoms with Gasteiger partial charge in [-0.05, 0) is 47.1 Å². The number of amides is 2. The van der Waals surface area contributed by atoms with Gasteiger partial charge in [0.05, 0.1) is 23.1 Å². The van der Waals surface area contributed by atoms with E-state index in [1.54, 1.807) is 45.0 Å². The smallest absolute Gasteiger partial charge is 0.408 e. The molecule has 0 aliphatic carbocycles. The summed E-state index contributed by atoms with van der Waals surface area (Å²) in [5, 5.41) is 11.7. The number of alkyl halides is 1. The number of nitrogens with one attached hydrogen (secondary N) is 1. The molecule has 1 fully saturated rings. The first kappa shape index (κ1) is 26.6. The second kappa shape index (κ2) is 9.67. The highest BCUT2D eigenvalue weighted by atomic mass is 32.2. The van der Waals surface area contributed by atoms with Crippen LogP contribution in [0.25, 0.3) is 0 Å². The van der Waals surface area contributed by atoms with E-state index >= 15 is 0 Å². The number of nitriles is 1. The molecule has 0 saturated carbocycles. The van der Waals surface area contributed by atoms with Crippen LogP contribution in [0.5, 0.6) is 0 Å². The highest BCUT2D eigenvalue weighted by molar-refractivity contribution is 7.92. The van der Waals surface area contributed by atoms with E-state index in [0.29, 0.717) is 5.56 Å². The molecular weight excluding hydrogens is 449 g/mol. The number of alkyl carbamates (subject to hydrolysis) is 1. The van der Waals surface area contributed by atoms with Crippen LogP contribution < -0.4 is 5.32 Å². The zero-order valence-electron chi connectivity index (χ0n) is 19.9. The summed E-state index contributed by atoms with van der Waals surface area (Å²) in [5.41, 5.74) is 0.597. The van der Waals surface area contributed by atoms with Gasteiger partial charge in [0.25, 0.3) is 0 Å². The van der Waals surface area contributed by atoms with E-state index in [4.69, 9.17) is 4.74 Å². The summed E-state index contributed by atoms with van der Waals surface area (Å²) >= 11 is 0. The molecule has 0 unspecified atom stereocenters. The summed E-state index contributed by atoms with van der Waals surface area (Å²) in [5.74, 6) is -1.21. The van der Waals surface area contributed by atoms with Crippen LogP contribution in [0, 0.1) is 18.3 Å². The average molecular weight is 482 g/mol. The lowest BCUT2D eigenvalue weighted by Gasteiger charge is -2.36. The summed E-state index contributed by atoms with van der Waals surface area (Å²) in [6.07, 6.45) is -2.56. The van der Waals surface area contributed by atoms with Crippen LogP contribution in [0.2, 0.25) is 0 Å². The molecule has 3 atom stereocenters. The molecular formula is C23H32FN3O5S. The minimum Gasteiger partial charge on any atom is -0.444 e. The van der Waals surface area contributed by atoms with E-state index in [2.05, 4.69) is 5.32 Å². The molecule has 0 bridgehead atoms. The Hall–Kier alpha value is -2.67.